The molecule has 18 heavy (non-hydrogen) atoms. The van der Waals surface area contributed by atoms with Crippen molar-refractivity contribution in [3.05, 3.63) is 0 Å². The Kier molecular flexibility index (Phi) is 3.01. The molecule has 2 aliphatic heterocycles. The van der Waals surface area contributed by atoms with Gasteiger partial charge in [0.15, 0.2) is 5.54 Å². The Bertz CT molecular complexity index is 375. The quantitative estimate of drug-likeness (QED) is 0.646. The number of rotatable bonds is 0. The van der Waals surface area contributed by atoms with Crippen molar-refractivity contribution in [2.24, 2.45) is 0 Å². The monoisotopic (exact) mass is 257 g/mol. The molecule has 2 unspecified atom stereocenters. The van der Waals surface area contributed by atoms with Crippen LogP contribution >= 0.6 is 0 Å². The normalized spacial score (nSPS) is 31.9. The molecule has 0 aromatic rings. The van der Waals surface area contributed by atoms with Crippen molar-refractivity contribution in [1.82, 2.24) is 4.90 Å². The lowest BCUT2D eigenvalue weighted by atomic mass is 9.92. The van der Waals surface area contributed by atoms with E-state index in [4.69, 9.17) is 9.47 Å². The lowest BCUT2D eigenvalue weighted by Crippen LogP contribution is -2.58. The first-order valence-corrected chi connectivity index (χ1v) is 6.13. The maximum Gasteiger partial charge on any atom is 0.411 e. The number of nitrogens with zero attached hydrogens (tertiary/aromatic N) is 1. The zero-order chi connectivity index (χ0) is 13.6. The number of ether oxygens (including phenoxy) is 2. The van der Waals surface area contributed by atoms with E-state index in [0.717, 1.165) is 0 Å². The number of esters is 1. The fourth-order valence-corrected chi connectivity index (χ4v) is 2.52. The molecule has 1 amide bonds. The number of carbonyl (C=O) groups excluding carboxylic acids is 2. The van der Waals surface area contributed by atoms with E-state index in [9.17, 15) is 14.7 Å². The van der Waals surface area contributed by atoms with Crippen LogP contribution in [0.5, 0.6) is 0 Å². The SMILES string of the molecule is CC(C)(C)OC(=O)N1CCCC12C(=O)OCC2O. The number of aliphatic hydroxyl groups is 1. The van der Waals surface area contributed by atoms with Gasteiger partial charge >= 0.3 is 12.1 Å². The van der Waals surface area contributed by atoms with Crippen LogP contribution in [0.15, 0.2) is 0 Å². The number of carbonyl (C=O) groups is 2. The van der Waals surface area contributed by atoms with Crippen molar-refractivity contribution in [2.45, 2.75) is 50.9 Å². The molecule has 0 bridgehead atoms. The van der Waals surface area contributed by atoms with Crippen molar-refractivity contribution in [1.29, 1.82) is 0 Å². The summed E-state index contributed by atoms with van der Waals surface area (Å²) in [5.41, 5.74) is -1.86. The van der Waals surface area contributed by atoms with E-state index >= 15 is 0 Å². The summed E-state index contributed by atoms with van der Waals surface area (Å²) >= 11 is 0. The average molecular weight is 257 g/mol. The second-order valence-electron chi connectivity index (χ2n) is 5.77. The predicted molar refractivity (Wildman–Crippen MR) is 61.9 cm³/mol. The van der Waals surface area contributed by atoms with Gasteiger partial charge in [0.1, 0.15) is 18.3 Å². The molecule has 2 saturated heterocycles. The molecule has 102 valence electrons. The predicted octanol–water partition coefficient (Wildman–Crippen LogP) is 0.674. The minimum Gasteiger partial charge on any atom is -0.461 e. The first kappa shape index (κ1) is 13.1. The van der Waals surface area contributed by atoms with Gasteiger partial charge in [-0.15, -0.1) is 0 Å². The lowest BCUT2D eigenvalue weighted by Gasteiger charge is -2.34. The van der Waals surface area contributed by atoms with E-state index in [1.165, 1.54) is 4.90 Å². The second kappa shape index (κ2) is 4.12. The van der Waals surface area contributed by atoms with Gasteiger partial charge < -0.3 is 14.6 Å². The highest BCUT2D eigenvalue weighted by Crippen LogP contribution is 2.38. The summed E-state index contributed by atoms with van der Waals surface area (Å²) in [4.78, 5) is 25.3. The van der Waals surface area contributed by atoms with Crippen LogP contribution in [0.1, 0.15) is 33.6 Å². The van der Waals surface area contributed by atoms with Crippen LogP contribution in [-0.4, -0.2) is 52.5 Å². The Morgan fingerprint density at radius 2 is 2.22 bits per heavy atom. The van der Waals surface area contributed by atoms with Gasteiger partial charge in [-0.25, -0.2) is 9.59 Å². The maximum atomic E-state index is 12.1. The van der Waals surface area contributed by atoms with Crippen LogP contribution in [-0.2, 0) is 14.3 Å². The molecule has 2 aliphatic rings. The van der Waals surface area contributed by atoms with Gasteiger partial charge in [0.2, 0.25) is 0 Å². The van der Waals surface area contributed by atoms with Crippen molar-refractivity contribution >= 4 is 12.1 Å². The molecule has 1 spiro atoms. The van der Waals surface area contributed by atoms with Gasteiger partial charge in [-0.05, 0) is 33.6 Å². The summed E-state index contributed by atoms with van der Waals surface area (Å²) in [6.45, 7) is 5.63. The third-order valence-electron chi connectivity index (χ3n) is 3.31. The highest BCUT2D eigenvalue weighted by molar-refractivity contribution is 5.89. The summed E-state index contributed by atoms with van der Waals surface area (Å²) < 4.78 is 10.1. The number of amides is 1. The van der Waals surface area contributed by atoms with Gasteiger partial charge in [0.05, 0.1) is 0 Å². The van der Waals surface area contributed by atoms with Gasteiger partial charge in [0, 0.05) is 6.54 Å². The summed E-state index contributed by atoms with van der Waals surface area (Å²) in [7, 11) is 0. The third kappa shape index (κ3) is 1.94. The van der Waals surface area contributed by atoms with Crippen LogP contribution < -0.4 is 0 Å². The number of cyclic esters (lactones) is 1. The highest BCUT2D eigenvalue weighted by Gasteiger charge is 2.60. The zero-order valence-electron chi connectivity index (χ0n) is 10.9. The second-order valence-corrected chi connectivity index (χ2v) is 5.77. The summed E-state index contributed by atoms with van der Waals surface area (Å²) in [5, 5.41) is 9.97. The van der Waals surface area contributed by atoms with Gasteiger partial charge in [-0.3, -0.25) is 4.90 Å². The van der Waals surface area contributed by atoms with Crippen LogP contribution in [0.25, 0.3) is 0 Å². The average Bonchev–Trinajstić information content (AvgIpc) is 2.78. The van der Waals surface area contributed by atoms with Crippen molar-refractivity contribution < 1.29 is 24.2 Å². The molecular formula is C12H19NO5. The van der Waals surface area contributed by atoms with E-state index in [2.05, 4.69) is 0 Å². The molecule has 0 saturated carbocycles. The molecule has 2 rings (SSSR count). The van der Waals surface area contributed by atoms with E-state index in [0.29, 0.717) is 19.4 Å². The van der Waals surface area contributed by atoms with Gasteiger partial charge in [0.25, 0.3) is 0 Å². The number of hydrogen-bond acceptors (Lipinski definition) is 5. The first-order chi connectivity index (χ1) is 8.27. The Morgan fingerprint density at radius 3 is 2.72 bits per heavy atom. The summed E-state index contributed by atoms with van der Waals surface area (Å²) in [6.07, 6.45) is -0.463. The standard InChI is InChI=1S/C12H19NO5/c1-11(2,3)18-10(16)13-6-4-5-12(13)8(14)7-17-9(12)15/h8,14H,4-7H2,1-3H3. The molecule has 2 atom stereocenters. The number of hydrogen-bond donors (Lipinski definition) is 1. The smallest absolute Gasteiger partial charge is 0.411 e. The van der Waals surface area contributed by atoms with Crippen molar-refractivity contribution in [3.8, 4) is 0 Å². The largest absolute Gasteiger partial charge is 0.461 e. The minimum absolute atomic E-state index is 0.0574. The number of likely N-dealkylation sites (tertiary alicyclic amines) is 1. The zero-order valence-corrected chi connectivity index (χ0v) is 10.9. The first-order valence-electron chi connectivity index (χ1n) is 6.13. The molecule has 2 fully saturated rings. The van der Waals surface area contributed by atoms with Gasteiger partial charge in [-0.2, -0.15) is 0 Å². The van der Waals surface area contributed by atoms with E-state index in [-0.39, 0.29) is 6.61 Å². The molecular weight excluding hydrogens is 238 g/mol. The van der Waals surface area contributed by atoms with E-state index in [1.807, 2.05) is 0 Å². The van der Waals surface area contributed by atoms with Crippen LogP contribution in [0.3, 0.4) is 0 Å². The van der Waals surface area contributed by atoms with E-state index in [1.54, 1.807) is 20.8 Å². The lowest BCUT2D eigenvalue weighted by molar-refractivity contribution is -0.147. The Labute approximate surface area is 106 Å². The summed E-state index contributed by atoms with van der Waals surface area (Å²) in [5.74, 6) is -0.529. The third-order valence-corrected chi connectivity index (χ3v) is 3.31. The van der Waals surface area contributed by atoms with Crippen LogP contribution in [0, 0.1) is 0 Å². The maximum absolute atomic E-state index is 12.1. The molecule has 0 aromatic carbocycles. The molecule has 1 N–H and O–H groups in total. The van der Waals surface area contributed by atoms with Crippen LogP contribution in [0.2, 0.25) is 0 Å². The highest BCUT2D eigenvalue weighted by atomic mass is 16.6. The van der Waals surface area contributed by atoms with Gasteiger partial charge in [-0.1, -0.05) is 0 Å². The molecule has 0 aromatic heterocycles. The van der Waals surface area contributed by atoms with Crippen LogP contribution in [0.4, 0.5) is 4.79 Å². The Balaban J connectivity index is 2.22. The number of aliphatic hydroxyl groups excluding tert-OH is 1. The molecule has 2 heterocycles. The Morgan fingerprint density at radius 1 is 1.56 bits per heavy atom. The fourth-order valence-electron chi connectivity index (χ4n) is 2.52. The molecule has 0 radical (unpaired) electrons. The molecule has 6 nitrogen and oxygen atoms in total. The fraction of sp³-hybridized carbons (Fsp3) is 0.833. The Hall–Kier alpha value is -1.30. The molecule has 0 aliphatic carbocycles. The van der Waals surface area contributed by atoms with Crippen molar-refractivity contribution in [2.75, 3.05) is 13.2 Å². The molecule has 6 heteroatoms. The minimum atomic E-state index is -1.23. The van der Waals surface area contributed by atoms with E-state index < -0.39 is 29.3 Å². The van der Waals surface area contributed by atoms with Crippen molar-refractivity contribution in [3.63, 3.8) is 0 Å². The topological polar surface area (TPSA) is 76.1 Å². The summed E-state index contributed by atoms with van der Waals surface area (Å²) in [6, 6.07) is 0.